The van der Waals surface area contributed by atoms with Gasteiger partial charge in [-0.25, -0.2) is 18.2 Å². The molecule has 0 aromatic rings. The normalized spacial score (nSPS) is 20.3. The quantitative estimate of drug-likeness (QED) is 0.482. The van der Waals surface area contributed by atoms with Crippen molar-refractivity contribution >= 4 is 24.8 Å². The molecule has 0 unspecified atom stereocenters. The second kappa shape index (κ2) is 12.9. The van der Waals surface area contributed by atoms with Crippen LogP contribution in [-0.2, 0) is 26.2 Å². The standard InChI is InChI=1S/C13H19.C5H5.2ClH.Zr/c1-2-13(10-6-3-7-11-13)12-8-4-5-9-12;1-2-4-5-3-1;;;/h8-9H,2-4,6-7,10-11H2,1H3;1-3H,4H2;2*1H;/q2*-1;;;+2. The maximum absolute atomic E-state index is 3.31. The Morgan fingerprint density at radius 1 is 1.05 bits per heavy atom. The van der Waals surface area contributed by atoms with Gasteiger partial charge < -0.3 is 0 Å². The molecule has 0 aromatic carbocycles. The predicted molar refractivity (Wildman–Crippen MR) is 92.4 cm³/mol. The van der Waals surface area contributed by atoms with Crippen molar-refractivity contribution in [3.63, 3.8) is 0 Å². The molecule has 0 saturated heterocycles. The van der Waals surface area contributed by atoms with E-state index in [1.165, 1.54) is 38.5 Å². The summed E-state index contributed by atoms with van der Waals surface area (Å²) >= 11 is 0. The zero-order valence-electron chi connectivity index (χ0n) is 12.9. The van der Waals surface area contributed by atoms with E-state index in [-0.39, 0.29) is 51.0 Å². The van der Waals surface area contributed by atoms with Gasteiger partial charge in [0, 0.05) is 0 Å². The van der Waals surface area contributed by atoms with E-state index in [0.29, 0.717) is 5.41 Å². The summed E-state index contributed by atoms with van der Waals surface area (Å²) in [5.41, 5.74) is 2.14. The van der Waals surface area contributed by atoms with Crippen molar-refractivity contribution in [2.75, 3.05) is 0 Å². The first-order chi connectivity index (χ1) is 8.87. The van der Waals surface area contributed by atoms with E-state index in [1.54, 1.807) is 5.57 Å². The molecule has 0 amide bonds. The van der Waals surface area contributed by atoms with E-state index in [2.05, 4.69) is 37.3 Å². The minimum absolute atomic E-state index is 0. The smallest absolute Gasteiger partial charge is 0.273 e. The summed E-state index contributed by atoms with van der Waals surface area (Å²) in [7, 11) is 0. The van der Waals surface area contributed by atoms with Gasteiger partial charge in [-0.2, -0.15) is 17.7 Å². The fourth-order valence-electron chi connectivity index (χ4n) is 3.18. The monoisotopic (exact) mass is 402 g/mol. The third kappa shape index (κ3) is 7.02. The first kappa shape index (κ1) is 23.7. The predicted octanol–water partition coefficient (Wildman–Crippen LogP) is 6.18. The summed E-state index contributed by atoms with van der Waals surface area (Å²) < 4.78 is 0. The van der Waals surface area contributed by atoms with Crippen LogP contribution in [0.1, 0.15) is 58.3 Å². The summed E-state index contributed by atoms with van der Waals surface area (Å²) in [6, 6.07) is 0. The molecule has 1 saturated carbocycles. The number of hydrogen-bond donors (Lipinski definition) is 0. The Balaban J connectivity index is 0. The van der Waals surface area contributed by atoms with Gasteiger partial charge in [0.25, 0.3) is 0 Å². The van der Waals surface area contributed by atoms with Crippen molar-refractivity contribution in [3.05, 3.63) is 48.1 Å². The van der Waals surface area contributed by atoms with Crippen LogP contribution in [0.25, 0.3) is 0 Å². The maximum atomic E-state index is 3.31. The van der Waals surface area contributed by atoms with Crippen LogP contribution >= 0.6 is 24.8 Å². The number of hydrogen-bond acceptors (Lipinski definition) is 0. The van der Waals surface area contributed by atoms with Gasteiger partial charge in [0.05, 0.1) is 0 Å². The van der Waals surface area contributed by atoms with Gasteiger partial charge >= 0.3 is 26.2 Å². The molecule has 0 N–H and O–H groups in total. The zero-order valence-corrected chi connectivity index (χ0v) is 17.0. The van der Waals surface area contributed by atoms with Gasteiger partial charge in [0.2, 0.25) is 0 Å². The molecule has 0 nitrogen and oxygen atoms in total. The molecule has 3 aliphatic rings. The Labute approximate surface area is 162 Å². The molecular formula is C18H26Cl2Zr. The molecule has 0 aliphatic heterocycles. The molecule has 3 rings (SSSR count). The summed E-state index contributed by atoms with van der Waals surface area (Å²) in [4.78, 5) is 0. The van der Waals surface area contributed by atoms with Crippen molar-refractivity contribution in [2.45, 2.75) is 58.3 Å². The Bertz CT molecular complexity index is 365. The fraction of sp³-hybridized carbons (Fsp3) is 0.556. The zero-order chi connectivity index (χ0) is 12.7. The van der Waals surface area contributed by atoms with Crippen LogP contribution in [-0.4, -0.2) is 0 Å². The van der Waals surface area contributed by atoms with E-state index in [9.17, 15) is 0 Å². The minimum atomic E-state index is 0. The van der Waals surface area contributed by atoms with E-state index in [1.807, 2.05) is 12.2 Å². The van der Waals surface area contributed by atoms with Crippen LogP contribution < -0.4 is 0 Å². The average Bonchev–Trinajstić information content (AvgIpc) is 3.15. The van der Waals surface area contributed by atoms with Gasteiger partial charge in [0.15, 0.2) is 0 Å². The van der Waals surface area contributed by atoms with Crippen molar-refractivity contribution in [1.82, 2.24) is 0 Å². The molecule has 1 fully saturated rings. The van der Waals surface area contributed by atoms with Crippen LogP contribution in [0, 0.1) is 17.6 Å². The molecule has 0 spiro atoms. The van der Waals surface area contributed by atoms with Gasteiger partial charge in [0.1, 0.15) is 0 Å². The first-order valence-corrected chi connectivity index (χ1v) is 7.36. The largest absolute Gasteiger partial charge is 2.00 e. The Hall–Kier alpha value is 0.423. The molecule has 21 heavy (non-hydrogen) atoms. The Kier molecular flexibility index (Phi) is 14.6. The van der Waals surface area contributed by atoms with Crippen LogP contribution in [0.3, 0.4) is 0 Å². The van der Waals surface area contributed by atoms with Crippen LogP contribution in [0.5, 0.6) is 0 Å². The Morgan fingerprint density at radius 2 is 1.76 bits per heavy atom. The molecule has 0 aromatic heterocycles. The van der Waals surface area contributed by atoms with Gasteiger partial charge in [-0.3, -0.25) is 12.2 Å². The minimum Gasteiger partial charge on any atom is -0.273 e. The summed E-state index contributed by atoms with van der Waals surface area (Å²) in [6.07, 6.45) is 27.4. The second-order valence-corrected chi connectivity index (χ2v) is 5.41. The summed E-state index contributed by atoms with van der Waals surface area (Å²) in [6.45, 7) is 2.35. The van der Waals surface area contributed by atoms with Gasteiger partial charge in [-0.1, -0.05) is 50.9 Å². The summed E-state index contributed by atoms with van der Waals surface area (Å²) in [5.74, 6) is 0. The van der Waals surface area contributed by atoms with Crippen molar-refractivity contribution in [1.29, 1.82) is 0 Å². The SMILES string of the molecule is CCC1(C2=CC[C-]=C2)CCCCC1.Cl.Cl.[C-]1=CC=CC1.[Zr+2]. The summed E-state index contributed by atoms with van der Waals surface area (Å²) in [5, 5.41) is 0. The van der Waals surface area contributed by atoms with E-state index >= 15 is 0 Å². The molecule has 116 valence electrons. The van der Waals surface area contributed by atoms with Crippen LogP contribution in [0.4, 0.5) is 0 Å². The first-order valence-electron chi connectivity index (χ1n) is 7.36. The topological polar surface area (TPSA) is 0 Å². The molecule has 0 heterocycles. The molecular weight excluding hydrogens is 378 g/mol. The molecule has 0 radical (unpaired) electrons. The Morgan fingerprint density at radius 3 is 2.14 bits per heavy atom. The average molecular weight is 405 g/mol. The van der Waals surface area contributed by atoms with Crippen molar-refractivity contribution < 1.29 is 26.2 Å². The number of rotatable bonds is 2. The third-order valence-corrected chi connectivity index (χ3v) is 4.38. The van der Waals surface area contributed by atoms with Gasteiger partial charge in [-0.05, 0) is 0 Å². The van der Waals surface area contributed by atoms with Crippen LogP contribution in [0.2, 0.25) is 0 Å². The molecule has 0 bridgehead atoms. The fourth-order valence-corrected chi connectivity index (χ4v) is 3.18. The molecule has 3 aliphatic carbocycles. The van der Waals surface area contributed by atoms with Gasteiger partial charge in [-0.15, -0.1) is 37.7 Å². The van der Waals surface area contributed by atoms with E-state index in [4.69, 9.17) is 0 Å². The molecule has 3 heteroatoms. The van der Waals surface area contributed by atoms with E-state index in [0.717, 1.165) is 12.8 Å². The number of halogens is 2. The van der Waals surface area contributed by atoms with Crippen molar-refractivity contribution in [3.8, 4) is 0 Å². The van der Waals surface area contributed by atoms with Crippen LogP contribution in [0.15, 0.2) is 36.0 Å². The maximum Gasteiger partial charge on any atom is 2.00 e. The van der Waals surface area contributed by atoms with E-state index < -0.39 is 0 Å². The third-order valence-electron chi connectivity index (χ3n) is 4.38. The van der Waals surface area contributed by atoms with Crippen molar-refractivity contribution in [2.24, 2.45) is 5.41 Å². The molecule has 0 atom stereocenters. The number of allylic oxidation sites excluding steroid dienone is 8. The second-order valence-electron chi connectivity index (χ2n) is 5.41.